The number of benzene rings is 2. The van der Waals surface area contributed by atoms with E-state index in [4.69, 9.17) is 4.98 Å². The number of fused-ring (bicyclic) bond motifs is 2. The fourth-order valence-corrected chi connectivity index (χ4v) is 5.03. The summed E-state index contributed by atoms with van der Waals surface area (Å²) in [4.78, 5) is 35.2. The van der Waals surface area contributed by atoms with E-state index in [2.05, 4.69) is 29.2 Å². The van der Waals surface area contributed by atoms with Gasteiger partial charge in [-0.1, -0.05) is 44.2 Å². The predicted octanol–water partition coefficient (Wildman–Crippen LogP) is 4.24. The van der Waals surface area contributed by atoms with Gasteiger partial charge in [0.25, 0.3) is 5.56 Å². The summed E-state index contributed by atoms with van der Waals surface area (Å²) in [5.41, 5.74) is 4.12. The van der Waals surface area contributed by atoms with Crippen LogP contribution in [0.4, 0.5) is 5.82 Å². The molecule has 3 heterocycles. The number of aromatic nitrogens is 4. The molecule has 6 rings (SSSR count). The molecule has 1 aliphatic carbocycles. The molecule has 0 unspecified atom stereocenters. The highest BCUT2D eigenvalue weighted by atomic mass is 16.1. The zero-order chi connectivity index (χ0) is 22.0. The normalized spacial score (nSPS) is 19.6. The van der Waals surface area contributed by atoms with Crippen molar-refractivity contribution in [3.8, 4) is 5.69 Å². The molecule has 1 atom stereocenters. The number of H-pyrrole nitrogens is 2. The number of aromatic amines is 2. The molecule has 0 bridgehead atoms. The maximum absolute atomic E-state index is 13.6. The number of carbonyl (C=O) groups is 1. The van der Waals surface area contributed by atoms with Crippen molar-refractivity contribution in [3.05, 3.63) is 87.6 Å². The van der Waals surface area contributed by atoms with Crippen LogP contribution in [0.25, 0.3) is 16.7 Å². The number of hydrogen-bond acceptors (Lipinski definition) is 4. The van der Waals surface area contributed by atoms with Crippen molar-refractivity contribution >= 4 is 22.6 Å². The molecule has 0 amide bonds. The zero-order valence-corrected chi connectivity index (χ0v) is 17.9. The number of anilines is 1. The lowest BCUT2D eigenvalue weighted by Gasteiger charge is -2.37. The summed E-state index contributed by atoms with van der Waals surface area (Å²) in [7, 11) is 0. The molecule has 0 radical (unpaired) electrons. The second-order valence-electron chi connectivity index (χ2n) is 9.41. The topological polar surface area (TPSA) is 95.6 Å². The highest BCUT2D eigenvalue weighted by molar-refractivity contribution is 6.01. The Morgan fingerprint density at radius 2 is 1.75 bits per heavy atom. The first-order chi connectivity index (χ1) is 15.4. The van der Waals surface area contributed by atoms with Gasteiger partial charge in [-0.05, 0) is 36.1 Å². The van der Waals surface area contributed by atoms with Crippen LogP contribution in [-0.4, -0.2) is 25.5 Å². The third-order valence-electron chi connectivity index (χ3n) is 6.40. The largest absolute Gasteiger partial charge is 0.343 e. The van der Waals surface area contributed by atoms with Crippen molar-refractivity contribution in [2.45, 2.75) is 32.6 Å². The number of hydrogen-bond donors (Lipinski definition) is 3. The Hall–Kier alpha value is -3.87. The Labute approximate surface area is 184 Å². The third-order valence-corrected chi connectivity index (χ3v) is 6.40. The van der Waals surface area contributed by atoms with Crippen molar-refractivity contribution in [2.24, 2.45) is 5.41 Å². The minimum atomic E-state index is -0.550. The van der Waals surface area contributed by atoms with Gasteiger partial charge in [0.1, 0.15) is 11.6 Å². The summed E-state index contributed by atoms with van der Waals surface area (Å²) in [5.74, 6) is 0.747. The lowest BCUT2D eigenvalue weighted by Crippen LogP contribution is -2.35. The first-order valence-corrected chi connectivity index (χ1v) is 10.8. The molecule has 4 aromatic rings. The molecule has 2 aromatic carbocycles. The van der Waals surface area contributed by atoms with Crippen molar-refractivity contribution in [1.29, 1.82) is 0 Å². The standard InChI is InChI=1S/C25H23N5O2/c1-25(2)12-17-19(18(31)13-25)20(22-26-15-10-6-7-11-16(15)27-22)21-23(28-17)29-30(24(21)32)14-8-4-3-5-9-14/h3-11,20,28-29H,12-13H2,1-2H3,(H,26,27)/t20-/m0/s1. The Bertz CT molecular complexity index is 1440. The van der Waals surface area contributed by atoms with Crippen LogP contribution in [0.1, 0.15) is 44.0 Å². The van der Waals surface area contributed by atoms with Crippen LogP contribution >= 0.6 is 0 Å². The smallest absolute Gasteiger partial charge is 0.277 e. The maximum Gasteiger partial charge on any atom is 0.277 e. The van der Waals surface area contributed by atoms with E-state index in [9.17, 15) is 9.59 Å². The summed E-state index contributed by atoms with van der Waals surface area (Å²) in [5, 5.41) is 6.62. The predicted molar refractivity (Wildman–Crippen MR) is 123 cm³/mol. The minimum absolute atomic E-state index is 0.0618. The van der Waals surface area contributed by atoms with Crippen LogP contribution in [0.15, 0.2) is 70.7 Å². The summed E-state index contributed by atoms with van der Waals surface area (Å²) >= 11 is 0. The monoisotopic (exact) mass is 425 g/mol. The van der Waals surface area contributed by atoms with Crippen LogP contribution in [0.3, 0.4) is 0 Å². The summed E-state index contributed by atoms with van der Waals surface area (Å²) in [6.07, 6.45) is 1.17. The van der Waals surface area contributed by atoms with E-state index in [-0.39, 0.29) is 16.8 Å². The number of allylic oxidation sites excluding steroid dienone is 2. The average Bonchev–Trinajstić information content (AvgIpc) is 3.33. The molecule has 0 fully saturated rings. The van der Waals surface area contributed by atoms with Gasteiger partial charge in [0.15, 0.2) is 5.78 Å². The van der Waals surface area contributed by atoms with Crippen molar-refractivity contribution in [1.82, 2.24) is 19.7 Å². The van der Waals surface area contributed by atoms with Crippen molar-refractivity contribution in [3.63, 3.8) is 0 Å². The highest BCUT2D eigenvalue weighted by Crippen LogP contribution is 2.47. The summed E-state index contributed by atoms with van der Waals surface area (Å²) < 4.78 is 1.53. The second kappa shape index (κ2) is 6.56. The van der Waals surface area contributed by atoms with E-state index in [1.54, 1.807) is 0 Å². The van der Waals surface area contributed by atoms with Crippen LogP contribution in [-0.2, 0) is 4.79 Å². The van der Waals surface area contributed by atoms with E-state index in [0.29, 0.717) is 29.2 Å². The number of ketones is 1. The molecule has 160 valence electrons. The fourth-order valence-electron chi connectivity index (χ4n) is 5.03. The van der Waals surface area contributed by atoms with E-state index >= 15 is 0 Å². The lowest BCUT2D eigenvalue weighted by molar-refractivity contribution is -0.118. The highest BCUT2D eigenvalue weighted by Gasteiger charge is 2.44. The summed E-state index contributed by atoms with van der Waals surface area (Å²) in [6.45, 7) is 4.19. The molecule has 7 heteroatoms. The Kier molecular flexibility index (Phi) is 3.87. The molecule has 7 nitrogen and oxygen atoms in total. The fraction of sp³-hybridized carbons (Fsp3) is 0.240. The zero-order valence-electron chi connectivity index (χ0n) is 17.9. The van der Waals surface area contributed by atoms with Crippen molar-refractivity contribution in [2.75, 3.05) is 5.32 Å². The average molecular weight is 425 g/mol. The second-order valence-corrected chi connectivity index (χ2v) is 9.41. The molecule has 2 aliphatic rings. The van der Waals surface area contributed by atoms with Crippen molar-refractivity contribution < 1.29 is 4.79 Å². The van der Waals surface area contributed by atoms with Gasteiger partial charge in [0.2, 0.25) is 0 Å². The number of Topliss-reactive ketones (excluding diaryl/α,β-unsaturated/α-hetero) is 1. The molecule has 0 saturated heterocycles. The van der Waals surface area contributed by atoms with Gasteiger partial charge in [-0.2, -0.15) is 0 Å². The number of para-hydroxylation sites is 3. The number of nitrogens with zero attached hydrogens (tertiary/aromatic N) is 2. The van der Waals surface area contributed by atoms with Gasteiger partial charge >= 0.3 is 0 Å². The van der Waals surface area contributed by atoms with E-state index < -0.39 is 5.92 Å². The van der Waals surface area contributed by atoms with E-state index in [1.165, 1.54) is 4.68 Å². The molecule has 2 aromatic heterocycles. The number of rotatable bonds is 2. The van der Waals surface area contributed by atoms with Gasteiger partial charge in [0, 0.05) is 17.7 Å². The van der Waals surface area contributed by atoms with Gasteiger partial charge in [-0.25, -0.2) is 9.67 Å². The number of carbonyl (C=O) groups excluding carboxylic acids is 1. The van der Waals surface area contributed by atoms with Gasteiger partial charge < -0.3 is 10.3 Å². The lowest BCUT2D eigenvalue weighted by atomic mass is 9.70. The molecule has 0 spiro atoms. The number of nitrogens with one attached hydrogen (secondary N) is 3. The Morgan fingerprint density at radius 1 is 1.00 bits per heavy atom. The first-order valence-electron chi connectivity index (χ1n) is 10.8. The van der Waals surface area contributed by atoms with Gasteiger partial charge in [-0.3, -0.25) is 14.7 Å². The number of imidazole rings is 1. The molecular formula is C25H23N5O2. The third kappa shape index (κ3) is 2.77. The molecule has 1 aliphatic heterocycles. The molecule has 0 saturated carbocycles. The molecular weight excluding hydrogens is 402 g/mol. The van der Waals surface area contributed by atoms with E-state index in [0.717, 1.165) is 28.8 Å². The minimum Gasteiger partial charge on any atom is -0.343 e. The first kappa shape index (κ1) is 18.9. The van der Waals surface area contributed by atoms with Crippen LogP contribution in [0, 0.1) is 5.41 Å². The van der Waals surface area contributed by atoms with Gasteiger partial charge in [-0.15, -0.1) is 0 Å². The molecule has 3 N–H and O–H groups in total. The van der Waals surface area contributed by atoms with Crippen LogP contribution < -0.4 is 10.9 Å². The Balaban J connectivity index is 1.61. The Morgan fingerprint density at radius 3 is 2.53 bits per heavy atom. The van der Waals surface area contributed by atoms with E-state index in [1.807, 2.05) is 54.6 Å². The van der Waals surface area contributed by atoms with Crippen LogP contribution in [0.5, 0.6) is 0 Å². The van der Waals surface area contributed by atoms with Crippen LogP contribution in [0.2, 0.25) is 0 Å². The van der Waals surface area contributed by atoms with Gasteiger partial charge in [0.05, 0.1) is 28.2 Å². The maximum atomic E-state index is 13.6. The molecule has 32 heavy (non-hydrogen) atoms. The summed E-state index contributed by atoms with van der Waals surface area (Å²) in [6, 6.07) is 17.2. The quantitative estimate of drug-likeness (QED) is 0.448. The SMILES string of the molecule is CC1(C)CC(=O)C2=C(C1)Nc1[nH]n(-c3ccccc3)c(=O)c1[C@H]2c1nc2ccccc2[nH]1.